The van der Waals surface area contributed by atoms with E-state index in [1.54, 1.807) is 0 Å². The third-order valence-corrected chi connectivity index (χ3v) is 5.85. The fraction of sp³-hybridized carbons (Fsp3) is 0.647. The van der Waals surface area contributed by atoms with Crippen LogP contribution in [0.4, 0.5) is 0 Å². The predicted molar refractivity (Wildman–Crippen MR) is 92.7 cm³/mol. The first-order valence-electron chi connectivity index (χ1n) is 7.48. The summed E-state index contributed by atoms with van der Waals surface area (Å²) in [5.74, 6) is 0. The molecule has 1 fully saturated rings. The van der Waals surface area contributed by atoms with Crippen LogP contribution in [-0.2, 0) is 16.1 Å². The molecule has 0 radical (unpaired) electrons. The summed E-state index contributed by atoms with van der Waals surface area (Å²) in [6.07, 6.45) is 1.92. The summed E-state index contributed by atoms with van der Waals surface area (Å²) in [6.45, 7) is 6.97. The molecule has 0 spiro atoms. The zero-order valence-electron chi connectivity index (χ0n) is 13.0. The number of hydrogen-bond acceptors (Lipinski definition) is 3. The number of alkyl halides is 1. The van der Waals surface area contributed by atoms with Gasteiger partial charge in [-0.25, -0.2) is 0 Å². The molecule has 3 atom stereocenters. The Labute approximate surface area is 141 Å². The van der Waals surface area contributed by atoms with Gasteiger partial charge in [0.15, 0.2) is 0 Å². The Bertz CT molecular complexity index is 449. The summed E-state index contributed by atoms with van der Waals surface area (Å²) >= 11 is 2.27. The van der Waals surface area contributed by atoms with Gasteiger partial charge >= 0.3 is 0 Å². The third kappa shape index (κ3) is 4.18. The lowest BCUT2D eigenvalue weighted by Gasteiger charge is -2.50. The molecule has 0 amide bonds. The molecule has 0 saturated carbocycles. The van der Waals surface area contributed by atoms with Crippen LogP contribution in [0.25, 0.3) is 0 Å². The monoisotopic (exact) mass is 404 g/mol. The van der Waals surface area contributed by atoms with Gasteiger partial charge in [0, 0.05) is 0 Å². The van der Waals surface area contributed by atoms with Crippen molar-refractivity contribution < 1.29 is 14.6 Å². The molecule has 4 heteroatoms. The highest BCUT2D eigenvalue weighted by Crippen LogP contribution is 2.41. The van der Waals surface area contributed by atoms with E-state index in [-0.39, 0.29) is 22.2 Å². The molecular weight excluding hydrogens is 379 g/mol. The van der Waals surface area contributed by atoms with Gasteiger partial charge in [-0.1, -0.05) is 52.9 Å². The fourth-order valence-corrected chi connectivity index (χ4v) is 3.47. The average molecular weight is 404 g/mol. The quantitative estimate of drug-likeness (QED) is 0.601. The average Bonchev–Trinajstić information content (AvgIpc) is 2.45. The molecule has 2 rings (SSSR count). The number of benzene rings is 1. The van der Waals surface area contributed by atoms with Crippen LogP contribution >= 0.6 is 22.6 Å². The number of hydrogen-bond donors (Lipinski definition) is 1. The summed E-state index contributed by atoms with van der Waals surface area (Å²) in [7, 11) is 0. The first-order chi connectivity index (χ1) is 9.87. The maximum absolute atomic E-state index is 9.58. The molecule has 1 aliphatic rings. The highest BCUT2D eigenvalue weighted by atomic mass is 127. The number of ether oxygens (including phenoxy) is 2. The van der Waals surface area contributed by atoms with Gasteiger partial charge in [0.25, 0.3) is 0 Å². The van der Waals surface area contributed by atoms with Gasteiger partial charge in [-0.3, -0.25) is 0 Å². The van der Waals surface area contributed by atoms with Crippen LogP contribution < -0.4 is 0 Å². The van der Waals surface area contributed by atoms with Crippen molar-refractivity contribution in [2.45, 2.75) is 61.5 Å². The summed E-state index contributed by atoms with van der Waals surface area (Å²) < 4.78 is 12.5. The molecule has 1 N–H and O–H groups in total. The van der Waals surface area contributed by atoms with Gasteiger partial charge in [-0.2, -0.15) is 0 Å². The van der Waals surface area contributed by atoms with E-state index in [9.17, 15) is 5.11 Å². The van der Waals surface area contributed by atoms with Gasteiger partial charge in [0.05, 0.1) is 28.8 Å². The molecule has 1 aromatic carbocycles. The second kappa shape index (κ2) is 6.94. The molecule has 0 aliphatic carbocycles. The van der Waals surface area contributed by atoms with Crippen LogP contribution in [0.2, 0.25) is 0 Å². The second-order valence-electron chi connectivity index (χ2n) is 6.52. The van der Waals surface area contributed by atoms with E-state index in [0.29, 0.717) is 6.61 Å². The fourth-order valence-electron chi connectivity index (χ4n) is 2.94. The van der Waals surface area contributed by atoms with Gasteiger partial charge in [0.2, 0.25) is 0 Å². The topological polar surface area (TPSA) is 38.7 Å². The van der Waals surface area contributed by atoms with Crippen LogP contribution in [-0.4, -0.2) is 32.9 Å². The summed E-state index contributed by atoms with van der Waals surface area (Å²) in [5.41, 5.74) is 0.532. The highest BCUT2D eigenvalue weighted by molar-refractivity contribution is 14.1. The Kier molecular flexibility index (Phi) is 5.68. The van der Waals surface area contributed by atoms with Crippen molar-refractivity contribution in [2.75, 3.05) is 6.61 Å². The minimum Gasteiger partial charge on any atom is -0.395 e. The first kappa shape index (κ1) is 17.2. The van der Waals surface area contributed by atoms with Gasteiger partial charge < -0.3 is 14.6 Å². The first-order valence-corrected chi connectivity index (χ1v) is 8.72. The molecule has 1 aromatic rings. The Balaban J connectivity index is 2.09. The van der Waals surface area contributed by atoms with E-state index < -0.39 is 5.60 Å². The minimum atomic E-state index is -0.466. The lowest BCUT2D eigenvalue weighted by Crippen LogP contribution is -2.59. The van der Waals surface area contributed by atoms with E-state index in [2.05, 4.69) is 55.5 Å². The number of aliphatic hydroxyl groups excluding tert-OH is 1. The summed E-state index contributed by atoms with van der Waals surface area (Å²) in [4.78, 5) is 0. The normalized spacial score (nSPS) is 30.0. The third-order valence-electron chi connectivity index (χ3n) is 4.22. The van der Waals surface area contributed by atoms with Crippen LogP contribution in [0.3, 0.4) is 0 Å². The van der Waals surface area contributed by atoms with Crippen LogP contribution in [0.5, 0.6) is 0 Å². The Morgan fingerprint density at radius 2 is 2.00 bits per heavy atom. The zero-order chi connectivity index (χ0) is 15.5. The van der Waals surface area contributed by atoms with Crippen molar-refractivity contribution in [1.82, 2.24) is 0 Å². The van der Waals surface area contributed by atoms with E-state index in [4.69, 9.17) is 9.47 Å². The second-order valence-corrected chi connectivity index (χ2v) is 8.02. The minimum absolute atomic E-state index is 0.000203. The van der Waals surface area contributed by atoms with Crippen molar-refractivity contribution in [2.24, 2.45) is 0 Å². The number of aliphatic hydroxyl groups is 1. The standard InChI is InChI=1S/C17H25IO3/c1-16(2)10-9-15(17(3,21-16)14(18)11-19)20-12-13-7-5-4-6-8-13/h4-8,14-15,19H,9-12H2,1-3H3/t14-,15+,17+/m1/s1. The van der Waals surface area contributed by atoms with Gasteiger partial charge in [-0.05, 0) is 39.2 Å². The SMILES string of the molecule is CC1(C)CC[C@H](OCc2ccccc2)[C@](C)([C@H](I)CO)O1. The highest BCUT2D eigenvalue weighted by Gasteiger charge is 2.49. The lowest BCUT2D eigenvalue weighted by atomic mass is 9.83. The molecule has 1 aliphatic heterocycles. The van der Waals surface area contributed by atoms with Crippen LogP contribution in [0.15, 0.2) is 30.3 Å². The molecule has 0 aromatic heterocycles. The molecular formula is C17H25IO3. The van der Waals surface area contributed by atoms with Gasteiger partial charge in [-0.15, -0.1) is 0 Å². The molecule has 1 saturated heterocycles. The Hall–Kier alpha value is -0.170. The molecule has 118 valence electrons. The van der Waals surface area contributed by atoms with E-state index >= 15 is 0 Å². The van der Waals surface area contributed by atoms with Crippen molar-refractivity contribution >= 4 is 22.6 Å². The molecule has 21 heavy (non-hydrogen) atoms. The summed E-state index contributed by atoms with van der Waals surface area (Å²) in [5, 5.41) is 9.58. The Morgan fingerprint density at radius 3 is 2.62 bits per heavy atom. The zero-order valence-corrected chi connectivity index (χ0v) is 15.2. The molecule has 0 bridgehead atoms. The van der Waals surface area contributed by atoms with Crippen LogP contribution in [0.1, 0.15) is 39.2 Å². The van der Waals surface area contributed by atoms with E-state index in [1.807, 2.05) is 18.2 Å². The smallest absolute Gasteiger partial charge is 0.106 e. The van der Waals surface area contributed by atoms with Crippen molar-refractivity contribution in [3.8, 4) is 0 Å². The molecule has 0 unspecified atom stereocenters. The number of halogens is 1. The summed E-state index contributed by atoms with van der Waals surface area (Å²) in [6, 6.07) is 10.2. The van der Waals surface area contributed by atoms with E-state index in [1.165, 1.54) is 5.56 Å². The van der Waals surface area contributed by atoms with Crippen LogP contribution in [0, 0.1) is 0 Å². The van der Waals surface area contributed by atoms with E-state index in [0.717, 1.165) is 12.8 Å². The number of rotatable bonds is 5. The molecule has 1 heterocycles. The molecule has 3 nitrogen and oxygen atoms in total. The lowest BCUT2D eigenvalue weighted by molar-refractivity contribution is -0.231. The predicted octanol–water partition coefficient (Wildman–Crippen LogP) is 3.72. The maximum Gasteiger partial charge on any atom is 0.106 e. The largest absolute Gasteiger partial charge is 0.395 e. The maximum atomic E-state index is 9.58. The van der Waals surface area contributed by atoms with Crippen molar-refractivity contribution in [1.29, 1.82) is 0 Å². The van der Waals surface area contributed by atoms with Gasteiger partial charge in [0.1, 0.15) is 5.60 Å². The van der Waals surface area contributed by atoms with Crippen molar-refractivity contribution in [3.05, 3.63) is 35.9 Å². The Morgan fingerprint density at radius 1 is 1.33 bits per heavy atom. The van der Waals surface area contributed by atoms with Crippen molar-refractivity contribution in [3.63, 3.8) is 0 Å².